The average molecular weight is 186 g/mol. The van der Waals surface area contributed by atoms with Crippen LogP contribution in [0.5, 0.6) is 6.01 Å². The molecule has 0 atom stereocenters. The van der Waals surface area contributed by atoms with Crippen molar-refractivity contribution < 1.29 is 4.74 Å². The number of nitrogen functional groups attached to an aromatic ring is 1. The normalized spacial score (nSPS) is 9.83. The minimum absolute atomic E-state index is 0.210. The Bertz CT molecular complexity index is 335. The molecule has 2 N–H and O–H groups in total. The molecule has 5 nitrogen and oxygen atoms in total. The van der Waals surface area contributed by atoms with Crippen molar-refractivity contribution >= 4 is 18.2 Å². The van der Waals surface area contributed by atoms with Gasteiger partial charge in [0.1, 0.15) is 0 Å². The molecule has 0 aliphatic carbocycles. The summed E-state index contributed by atoms with van der Waals surface area (Å²) in [7, 11) is 1.47. The molecule has 0 saturated carbocycles. The Morgan fingerprint density at radius 1 is 1.58 bits per heavy atom. The third kappa shape index (κ3) is 1.53. The minimum Gasteiger partial charge on any atom is -0.467 e. The van der Waals surface area contributed by atoms with E-state index in [1.165, 1.54) is 7.11 Å². The van der Waals surface area contributed by atoms with Crippen LogP contribution in [0.4, 0.5) is 5.95 Å². The third-order valence-corrected chi connectivity index (χ3v) is 1.72. The topological polar surface area (TPSA) is 66.0 Å². The highest BCUT2D eigenvalue weighted by Crippen LogP contribution is 2.05. The van der Waals surface area contributed by atoms with Crippen molar-refractivity contribution in [1.29, 1.82) is 0 Å². The molecule has 0 radical (unpaired) electrons. The van der Waals surface area contributed by atoms with Gasteiger partial charge in [-0.1, -0.05) is 0 Å². The summed E-state index contributed by atoms with van der Waals surface area (Å²) >= 11 is 4.94. The zero-order valence-corrected chi connectivity index (χ0v) is 7.76. The quantitative estimate of drug-likeness (QED) is 0.686. The lowest BCUT2D eigenvalue weighted by Crippen LogP contribution is -2.10. The molecular weight excluding hydrogens is 176 g/mol. The maximum atomic E-state index is 5.57. The number of hydrogen-bond donors (Lipinski definition) is 1. The summed E-state index contributed by atoms with van der Waals surface area (Å²) in [6.07, 6.45) is 0. The van der Waals surface area contributed by atoms with Crippen molar-refractivity contribution in [3.05, 3.63) is 4.77 Å². The first-order valence-electron chi connectivity index (χ1n) is 3.47. The Morgan fingerprint density at radius 3 is 2.67 bits per heavy atom. The molecule has 12 heavy (non-hydrogen) atoms. The van der Waals surface area contributed by atoms with Crippen LogP contribution in [-0.4, -0.2) is 21.6 Å². The van der Waals surface area contributed by atoms with E-state index in [4.69, 9.17) is 22.7 Å². The van der Waals surface area contributed by atoms with Gasteiger partial charge in [0.05, 0.1) is 7.11 Å². The number of rotatable bonds is 2. The smallest absolute Gasteiger partial charge is 0.322 e. The van der Waals surface area contributed by atoms with Gasteiger partial charge < -0.3 is 10.5 Å². The van der Waals surface area contributed by atoms with Gasteiger partial charge in [-0.05, 0) is 19.1 Å². The summed E-state index contributed by atoms with van der Waals surface area (Å²) in [4.78, 5) is 7.75. The van der Waals surface area contributed by atoms with Gasteiger partial charge in [-0.15, -0.1) is 0 Å². The molecular formula is C6H10N4OS. The molecule has 0 aromatic carbocycles. The number of ether oxygens (including phenoxy) is 1. The summed E-state index contributed by atoms with van der Waals surface area (Å²) in [6, 6.07) is 0.210. The lowest BCUT2D eigenvalue weighted by molar-refractivity contribution is 0.375. The molecule has 0 bridgehead atoms. The number of anilines is 1. The van der Waals surface area contributed by atoms with Crippen molar-refractivity contribution in [3.63, 3.8) is 0 Å². The van der Waals surface area contributed by atoms with Gasteiger partial charge in [0.2, 0.25) is 10.7 Å². The first kappa shape index (κ1) is 8.92. The second-order valence-electron chi connectivity index (χ2n) is 2.10. The van der Waals surface area contributed by atoms with Gasteiger partial charge in [-0.25, -0.2) is 0 Å². The van der Waals surface area contributed by atoms with Gasteiger partial charge in [0, 0.05) is 6.54 Å². The number of methoxy groups -OCH3 is 1. The molecule has 0 unspecified atom stereocenters. The molecule has 0 amide bonds. The Labute approximate surface area is 75.2 Å². The van der Waals surface area contributed by atoms with Crippen LogP contribution < -0.4 is 10.5 Å². The predicted molar refractivity (Wildman–Crippen MR) is 47.5 cm³/mol. The van der Waals surface area contributed by atoms with Gasteiger partial charge in [0.25, 0.3) is 0 Å². The van der Waals surface area contributed by atoms with Crippen molar-refractivity contribution in [2.75, 3.05) is 12.8 Å². The van der Waals surface area contributed by atoms with Crippen molar-refractivity contribution in [2.24, 2.45) is 0 Å². The average Bonchev–Trinajstić information content (AvgIpc) is 2.03. The number of nitrogens with two attached hydrogens (primary N) is 1. The van der Waals surface area contributed by atoms with Crippen LogP contribution >= 0.6 is 12.2 Å². The van der Waals surface area contributed by atoms with Crippen molar-refractivity contribution in [3.8, 4) is 6.01 Å². The number of aromatic nitrogens is 3. The lowest BCUT2D eigenvalue weighted by atomic mass is 10.7. The van der Waals surface area contributed by atoms with Gasteiger partial charge in [-0.2, -0.15) is 9.97 Å². The molecule has 0 aliphatic heterocycles. The highest BCUT2D eigenvalue weighted by Gasteiger charge is 2.02. The summed E-state index contributed by atoms with van der Waals surface area (Å²) < 4.78 is 6.81. The highest BCUT2D eigenvalue weighted by atomic mass is 32.1. The Kier molecular flexibility index (Phi) is 2.59. The van der Waals surface area contributed by atoms with Crippen LogP contribution in [0.15, 0.2) is 0 Å². The summed E-state index contributed by atoms with van der Waals surface area (Å²) in [6.45, 7) is 2.58. The number of nitrogens with zero attached hydrogens (tertiary/aromatic N) is 3. The SMILES string of the molecule is CCn1c(N)nc(OC)nc1=S. The highest BCUT2D eigenvalue weighted by molar-refractivity contribution is 7.71. The van der Waals surface area contributed by atoms with E-state index in [1.807, 2.05) is 6.92 Å². The molecule has 0 fully saturated rings. The molecule has 1 rings (SSSR count). The molecule has 66 valence electrons. The molecule has 1 aromatic rings. The van der Waals surface area contributed by atoms with E-state index in [-0.39, 0.29) is 6.01 Å². The van der Waals surface area contributed by atoms with Crippen LogP contribution in [0.1, 0.15) is 6.92 Å². The standard InChI is InChI=1S/C6H10N4OS/c1-3-10-4(7)8-5(11-2)9-6(10)12/h3H2,1-2H3,(H2,7,8,9,12). The molecule has 0 spiro atoms. The first-order valence-corrected chi connectivity index (χ1v) is 3.88. The van der Waals surface area contributed by atoms with Crippen molar-refractivity contribution in [2.45, 2.75) is 13.5 Å². The van der Waals surface area contributed by atoms with E-state index in [1.54, 1.807) is 4.57 Å². The summed E-state index contributed by atoms with van der Waals surface area (Å²) in [5, 5.41) is 0. The fourth-order valence-electron chi connectivity index (χ4n) is 0.812. The van der Waals surface area contributed by atoms with Crippen LogP contribution in [0.3, 0.4) is 0 Å². The monoisotopic (exact) mass is 186 g/mol. The van der Waals surface area contributed by atoms with E-state index in [0.29, 0.717) is 17.3 Å². The van der Waals surface area contributed by atoms with E-state index in [0.717, 1.165) is 0 Å². The Hall–Kier alpha value is -1.17. The lowest BCUT2D eigenvalue weighted by Gasteiger charge is -2.06. The summed E-state index contributed by atoms with van der Waals surface area (Å²) in [5.74, 6) is 0.328. The van der Waals surface area contributed by atoms with Gasteiger partial charge in [-0.3, -0.25) is 4.57 Å². The predicted octanol–water partition coefficient (Wildman–Crippen LogP) is 0.618. The second kappa shape index (κ2) is 3.48. The zero-order chi connectivity index (χ0) is 9.14. The first-order chi connectivity index (χ1) is 5.69. The van der Waals surface area contributed by atoms with E-state index in [2.05, 4.69) is 9.97 Å². The Balaban J connectivity index is 3.28. The van der Waals surface area contributed by atoms with Gasteiger partial charge >= 0.3 is 6.01 Å². The van der Waals surface area contributed by atoms with Gasteiger partial charge in [0.15, 0.2) is 0 Å². The minimum atomic E-state index is 0.210. The molecule has 1 aromatic heterocycles. The Morgan fingerprint density at radius 2 is 2.25 bits per heavy atom. The van der Waals surface area contributed by atoms with Crippen LogP contribution in [-0.2, 0) is 6.54 Å². The van der Waals surface area contributed by atoms with Crippen LogP contribution in [0.2, 0.25) is 0 Å². The third-order valence-electron chi connectivity index (χ3n) is 1.41. The molecule has 0 saturated heterocycles. The van der Waals surface area contributed by atoms with Crippen LogP contribution in [0.25, 0.3) is 0 Å². The molecule has 6 heteroatoms. The molecule has 0 aliphatic rings. The van der Waals surface area contributed by atoms with E-state index in [9.17, 15) is 0 Å². The fraction of sp³-hybridized carbons (Fsp3) is 0.500. The zero-order valence-electron chi connectivity index (χ0n) is 6.94. The molecule has 1 heterocycles. The maximum Gasteiger partial charge on any atom is 0.322 e. The van der Waals surface area contributed by atoms with Crippen molar-refractivity contribution in [1.82, 2.24) is 14.5 Å². The maximum absolute atomic E-state index is 5.57. The van der Waals surface area contributed by atoms with E-state index >= 15 is 0 Å². The number of hydrogen-bond acceptors (Lipinski definition) is 5. The summed E-state index contributed by atoms with van der Waals surface area (Å²) in [5.41, 5.74) is 5.57. The largest absolute Gasteiger partial charge is 0.467 e. The van der Waals surface area contributed by atoms with Crippen LogP contribution in [0, 0.1) is 4.77 Å². The fourth-order valence-corrected chi connectivity index (χ4v) is 1.11. The second-order valence-corrected chi connectivity index (χ2v) is 2.46. The van der Waals surface area contributed by atoms with E-state index < -0.39 is 0 Å².